The lowest BCUT2D eigenvalue weighted by atomic mass is 9.95. The summed E-state index contributed by atoms with van der Waals surface area (Å²) >= 11 is 0. The third kappa shape index (κ3) is 6.52. The van der Waals surface area contributed by atoms with Crippen molar-refractivity contribution in [3.05, 3.63) is 142 Å². The molecule has 0 amide bonds. The van der Waals surface area contributed by atoms with Gasteiger partial charge >= 0.3 is 0 Å². The van der Waals surface area contributed by atoms with Crippen molar-refractivity contribution in [2.45, 2.75) is 6.61 Å². The first-order valence-corrected chi connectivity index (χ1v) is 11.2. The summed E-state index contributed by atoms with van der Waals surface area (Å²) in [7, 11) is 1.75. The predicted molar refractivity (Wildman–Crippen MR) is 143 cm³/mol. The molecule has 33 heavy (non-hydrogen) atoms. The first-order chi connectivity index (χ1) is 16.3. The van der Waals surface area contributed by atoms with Gasteiger partial charge in [0, 0.05) is 7.11 Å². The summed E-state index contributed by atoms with van der Waals surface area (Å²) in [5, 5.41) is 0. The summed E-state index contributed by atoms with van der Waals surface area (Å²) in [4.78, 5) is 0. The van der Waals surface area contributed by atoms with Gasteiger partial charge in [-0.25, -0.2) is 0 Å². The predicted octanol–water partition coefficient (Wildman–Crippen LogP) is 8.34. The second-order valence-corrected chi connectivity index (χ2v) is 7.84. The Bertz CT molecular complexity index is 1160. The maximum Gasteiger partial charge on any atom is 0.0724 e. The Kier molecular flexibility index (Phi) is 7.83. The van der Waals surface area contributed by atoms with Gasteiger partial charge in [0.25, 0.3) is 0 Å². The molecule has 4 rings (SSSR count). The van der Waals surface area contributed by atoms with Crippen molar-refractivity contribution >= 4 is 36.5 Å². The Morgan fingerprint density at radius 3 is 1.24 bits per heavy atom. The van der Waals surface area contributed by atoms with E-state index in [9.17, 15) is 0 Å². The first-order valence-electron chi connectivity index (χ1n) is 11.2. The van der Waals surface area contributed by atoms with Gasteiger partial charge in [0.2, 0.25) is 0 Å². The van der Waals surface area contributed by atoms with Crippen LogP contribution in [-0.2, 0) is 11.3 Å². The van der Waals surface area contributed by atoms with Gasteiger partial charge in [-0.05, 0) is 51.1 Å². The number of benzene rings is 4. The first kappa shape index (κ1) is 22.3. The highest BCUT2D eigenvalue weighted by atomic mass is 16.5. The fourth-order valence-electron chi connectivity index (χ4n) is 3.70. The van der Waals surface area contributed by atoms with Gasteiger partial charge in [0.05, 0.1) is 6.61 Å². The molecular weight excluding hydrogens is 400 g/mol. The molecule has 0 aliphatic carbocycles. The standard InChI is InChI=1S/C32H28O/c1-33-25-32-30(21-19-27-13-7-3-8-14-27)23-29(18-17-26-11-5-2-6-12-26)24-31(32)22-20-28-15-9-4-10-16-28/h2-24H,25H2,1H3/b18-17+,21-19+,22-20+. The number of methoxy groups -OCH3 is 1. The third-order valence-corrected chi connectivity index (χ3v) is 5.41. The zero-order chi connectivity index (χ0) is 22.7. The summed E-state index contributed by atoms with van der Waals surface area (Å²) < 4.78 is 5.60. The van der Waals surface area contributed by atoms with Gasteiger partial charge in [0.1, 0.15) is 0 Å². The van der Waals surface area contributed by atoms with Crippen LogP contribution in [0.2, 0.25) is 0 Å². The zero-order valence-corrected chi connectivity index (χ0v) is 18.9. The van der Waals surface area contributed by atoms with Crippen LogP contribution in [0.15, 0.2) is 103 Å². The van der Waals surface area contributed by atoms with Gasteiger partial charge in [0.15, 0.2) is 0 Å². The highest BCUT2D eigenvalue weighted by Crippen LogP contribution is 2.25. The Morgan fingerprint density at radius 1 is 0.485 bits per heavy atom. The molecule has 0 aromatic heterocycles. The number of rotatable bonds is 8. The smallest absolute Gasteiger partial charge is 0.0724 e. The minimum Gasteiger partial charge on any atom is -0.380 e. The molecule has 1 nitrogen and oxygen atoms in total. The number of ether oxygens (including phenoxy) is 1. The third-order valence-electron chi connectivity index (χ3n) is 5.41. The van der Waals surface area contributed by atoms with E-state index in [0.29, 0.717) is 6.61 Å². The summed E-state index contributed by atoms with van der Waals surface area (Å²) in [5.41, 5.74) is 8.17. The molecule has 0 unspecified atom stereocenters. The van der Waals surface area contributed by atoms with Gasteiger partial charge < -0.3 is 4.74 Å². The van der Waals surface area contributed by atoms with Crippen molar-refractivity contribution in [1.82, 2.24) is 0 Å². The molecule has 0 spiro atoms. The van der Waals surface area contributed by atoms with Crippen molar-refractivity contribution in [1.29, 1.82) is 0 Å². The normalized spacial score (nSPS) is 11.7. The molecule has 0 aliphatic rings. The van der Waals surface area contributed by atoms with Crippen LogP contribution in [0, 0.1) is 0 Å². The van der Waals surface area contributed by atoms with E-state index in [1.807, 2.05) is 18.2 Å². The molecular formula is C32H28O. The van der Waals surface area contributed by atoms with E-state index >= 15 is 0 Å². The Hall–Kier alpha value is -3.94. The molecule has 0 saturated heterocycles. The van der Waals surface area contributed by atoms with E-state index in [4.69, 9.17) is 4.74 Å². The molecule has 0 N–H and O–H groups in total. The zero-order valence-electron chi connectivity index (χ0n) is 18.9. The summed E-state index contributed by atoms with van der Waals surface area (Å²) in [5.74, 6) is 0. The Morgan fingerprint density at radius 2 is 0.848 bits per heavy atom. The molecule has 0 bridgehead atoms. The fraction of sp³-hybridized carbons (Fsp3) is 0.0625. The fourth-order valence-corrected chi connectivity index (χ4v) is 3.70. The largest absolute Gasteiger partial charge is 0.380 e. The van der Waals surface area contributed by atoms with Crippen molar-refractivity contribution in [3.8, 4) is 0 Å². The number of hydrogen-bond acceptors (Lipinski definition) is 1. The monoisotopic (exact) mass is 428 g/mol. The molecule has 0 radical (unpaired) electrons. The SMILES string of the molecule is COCc1c(/C=C/c2ccccc2)cc(/C=C/c2ccccc2)cc1/C=C/c1ccccc1. The van der Waals surface area contributed by atoms with E-state index in [0.717, 1.165) is 16.7 Å². The molecule has 0 heterocycles. The molecule has 4 aromatic carbocycles. The maximum atomic E-state index is 5.60. The lowest BCUT2D eigenvalue weighted by molar-refractivity contribution is 0.184. The quantitative estimate of drug-likeness (QED) is 0.256. The minimum atomic E-state index is 0.547. The van der Waals surface area contributed by atoms with Gasteiger partial charge in [-0.15, -0.1) is 0 Å². The second kappa shape index (κ2) is 11.6. The van der Waals surface area contributed by atoms with E-state index in [-0.39, 0.29) is 0 Å². The van der Waals surface area contributed by atoms with Crippen LogP contribution in [0.5, 0.6) is 0 Å². The van der Waals surface area contributed by atoms with Gasteiger partial charge in [-0.1, -0.05) is 127 Å². The van der Waals surface area contributed by atoms with Crippen molar-refractivity contribution < 1.29 is 4.74 Å². The summed E-state index contributed by atoms with van der Waals surface area (Å²) in [6, 6.07) is 35.6. The van der Waals surface area contributed by atoms with E-state index < -0.39 is 0 Å². The van der Waals surface area contributed by atoms with Crippen LogP contribution in [0.1, 0.15) is 38.9 Å². The lowest BCUT2D eigenvalue weighted by Gasteiger charge is -2.12. The van der Waals surface area contributed by atoms with E-state index in [2.05, 4.69) is 121 Å². The highest BCUT2D eigenvalue weighted by molar-refractivity contribution is 5.81. The van der Waals surface area contributed by atoms with E-state index in [1.54, 1.807) is 7.11 Å². The van der Waals surface area contributed by atoms with Crippen molar-refractivity contribution in [2.24, 2.45) is 0 Å². The minimum absolute atomic E-state index is 0.547. The van der Waals surface area contributed by atoms with Gasteiger partial charge in [-0.2, -0.15) is 0 Å². The van der Waals surface area contributed by atoms with E-state index in [1.165, 1.54) is 22.3 Å². The number of hydrogen-bond donors (Lipinski definition) is 0. The van der Waals surface area contributed by atoms with Crippen LogP contribution in [0.3, 0.4) is 0 Å². The highest BCUT2D eigenvalue weighted by Gasteiger charge is 2.07. The van der Waals surface area contributed by atoms with Crippen LogP contribution >= 0.6 is 0 Å². The summed E-state index contributed by atoms with van der Waals surface area (Å²) in [6.07, 6.45) is 13.0. The van der Waals surface area contributed by atoms with Crippen LogP contribution in [0.4, 0.5) is 0 Å². The van der Waals surface area contributed by atoms with Crippen LogP contribution in [-0.4, -0.2) is 7.11 Å². The lowest BCUT2D eigenvalue weighted by Crippen LogP contribution is -1.97. The molecule has 0 saturated carbocycles. The molecule has 0 fully saturated rings. The average molecular weight is 429 g/mol. The molecule has 0 atom stereocenters. The van der Waals surface area contributed by atoms with Crippen LogP contribution in [0.25, 0.3) is 36.5 Å². The molecule has 4 aromatic rings. The average Bonchev–Trinajstić information content (AvgIpc) is 2.88. The topological polar surface area (TPSA) is 9.23 Å². The molecule has 1 heteroatoms. The Balaban J connectivity index is 1.77. The molecule has 162 valence electrons. The second-order valence-electron chi connectivity index (χ2n) is 7.84. The Labute approximate surface area is 197 Å². The van der Waals surface area contributed by atoms with Crippen molar-refractivity contribution in [2.75, 3.05) is 7.11 Å². The molecule has 0 aliphatic heterocycles. The van der Waals surface area contributed by atoms with Crippen molar-refractivity contribution in [3.63, 3.8) is 0 Å². The van der Waals surface area contributed by atoms with Gasteiger partial charge in [-0.3, -0.25) is 0 Å². The maximum absolute atomic E-state index is 5.60. The van der Waals surface area contributed by atoms with Crippen LogP contribution < -0.4 is 0 Å². The summed E-state index contributed by atoms with van der Waals surface area (Å²) in [6.45, 7) is 0.547.